The number of carbonyl (C=O) groups is 1. The van der Waals surface area contributed by atoms with Gasteiger partial charge in [0.05, 0.1) is 36.2 Å². The van der Waals surface area contributed by atoms with Gasteiger partial charge in [-0.05, 0) is 43.3 Å². The predicted octanol–water partition coefficient (Wildman–Crippen LogP) is 4.72. The van der Waals surface area contributed by atoms with Crippen LogP contribution in [0.2, 0.25) is 0 Å². The molecule has 0 atom stereocenters. The summed E-state index contributed by atoms with van der Waals surface area (Å²) in [6.45, 7) is 1.95. The minimum Gasteiger partial charge on any atom is -0.497 e. The zero-order valence-electron chi connectivity index (χ0n) is 18.2. The summed E-state index contributed by atoms with van der Waals surface area (Å²) < 4.78 is 10.5. The van der Waals surface area contributed by atoms with Crippen molar-refractivity contribution in [3.8, 4) is 32.6 Å². The highest BCUT2D eigenvalue weighted by molar-refractivity contribution is 7.99. The van der Waals surface area contributed by atoms with E-state index < -0.39 is 0 Å². The Bertz CT molecular complexity index is 1250. The molecule has 0 radical (unpaired) electrons. The fourth-order valence-electron chi connectivity index (χ4n) is 3.00. The van der Waals surface area contributed by atoms with Gasteiger partial charge in [0.2, 0.25) is 5.91 Å². The number of aryl methyl sites for hydroxylation is 1. The first kappa shape index (κ1) is 22.7. The van der Waals surface area contributed by atoms with Crippen molar-refractivity contribution >= 4 is 34.7 Å². The molecule has 1 N–H and O–H groups in total. The fraction of sp³-hybridized carbons (Fsp3) is 0.174. The van der Waals surface area contributed by atoms with Gasteiger partial charge < -0.3 is 14.8 Å². The number of nitrogens with one attached hydrogen (secondary N) is 1. The van der Waals surface area contributed by atoms with Crippen LogP contribution in [0.1, 0.15) is 5.69 Å². The standard InChI is InChI=1S/C23H21N5O3S2/c1-14-22(33-23(25-14)15-5-4-10-24-12-15)17-7-9-21(28-27-17)32-13-20(29)26-18-11-16(30-2)6-8-19(18)31-3/h4-12H,13H2,1-3H3,(H,26,29). The second-order valence-corrected chi connectivity index (χ2v) is 8.83. The van der Waals surface area contributed by atoms with Crippen molar-refractivity contribution in [2.24, 2.45) is 0 Å². The molecule has 0 fully saturated rings. The van der Waals surface area contributed by atoms with E-state index in [0.717, 1.165) is 26.8 Å². The van der Waals surface area contributed by atoms with Gasteiger partial charge in [0.25, 0.3) is 0 Å². The van der Waals surface area contributed by atoms with E-state index >= 15 is 0 Å². The monoisotopic (exact) mass is 479 g/mol. The lowest BCUT2D eigenvalue weighted by molar-refractivity contribution is -0.113. The number of amides is 1. The van der Waals surface area contributed by atoms with Crippen LogP contribution < -0.4 is 14.8 Å². The van der Waals surface area contributed by atoms with E-state index in [0.29, 0.717) is 22.2 Å². The Balaban J connectivity index is 1.40. The van der Waals surface area contributed by atoms with Crippen LogP contribution in [0, 0.1) is 6.92 Å². The SMILES string of the molecule is COc1ccc(OC)c(NC(=O)CSc2ccc(-c3sc(-c4cccnc4)nc3C)nn2)c1. The van der Waals surface area contributed by atoms with Crippen LogP contribution in [0.15, 0.2) is 59.9 Å². The van der Waals surface area contributed by atoms with Crippen molar-refractivity contribution in [3.05, 3.63) is 60.6 Å². The summed E-state index contributed by atoms with van der Waals surface area (Å²) in [5.74, 6) is 1.19. The van der Waals surface area contributed by atoms with Gasteiger partial charge in [0, 0.05) is 24.0 Å². The Morgan fingerprint density at radius 1 is 1.12 bits per heavy atom. The summed E-state index contributed by atoms with van der Waals surface area (Å²) in [6, 6.07) is 12.8. The average Bonchev–Trinajstić information content (AvgIpc) is 3.25. The third-order valence-corrected chi connectivity index (χ3v) is 6.76. The largest absolute Gasteiger partial charge is 0.497 e. The lowest BCUT2D eigenvalue weighted by Crippen LogP contribution is -2.15. The summed E-state index contributed by atoms with van der Waals surface area (Å²) >= 11 is 2.85. The smallest absolute Gasteiger partial charge is 0.234 e. The topological polar surface area (TPSA) is 99.1 Å². The van der Waals surface area contributed by atoms with E-state index in [2.05, 4.69) is 25.5 Å². The van der Waals surface area contributed by atoms with Crippen molar-refractivity contribution in [1.82, 2.24) is 20.2 Å². The Hall–Kier alpha value is -3.50. The van der Waals surface area contributed by atoms with Crippen LogP contribution in [0.5, 0.6) is 11.5 Å². The van der Waals surface area contributed by atoms with Gasteiger partial charge >= 0.3 is 0 Å². The van der Waals surface area contributed by atoms with Crippen molar-refractivity contribution in [2.75, 3.05) is 25.3 Å². The van der Waals surface area contributed by atoms with Crippen LogP contribution in [-0.2, 0) is 4.79 Å². The number of anilines is 1. The van der Waals surface area contributed by atoms with Gasteiger partial charge in [0.1, 0.15) is 27.2 Å². The van der Waals surface area contributed by atoms with Gasteiger partial charge in [0.15, 0.2) is 0 Å². The van der Waals surface area contributed by atoms with Gasteiger partial charge in [-0.15, -0.1) is 21.5 Å². The third kappa shape index (κ3) is 5.47. The number of methoxy groups -OCH3 is 2. The minimum atomic E-state index is -0.183. The molecule has 0 aliphatic carbocycles. The molecule has 0 aliphatic rings. The summed E-state index contributed by atoms with van der Waals surface area (Å²) in [5, 5.41) is 13.0. The molecule has 0 spiro atoms. The van der Waals surface area contributed by atoms with E-state index in [1.165, 1.54) is 11.8 Å². The molecule has 10 heteroatoms. The normalized spacial score (nSPS) is 10.6. The van der Waals surface area contributed by atoms with E-state index in [-0.39, 0.29) is 11.7 Å². The highest BCUT2D eigenvalue weighted by Gasteiger charge is 2.14. The maximum absolute atomic E-state index is 12.4. The zero-order valence-corrected chi connectivity index (χ0v) is 19.9. The van der Waals surface area contributed by atoms with Crippen molar-refractivity contribution in [3.63, 3.8) is 0 Å². The number of pyridine rings is 1. The summed E-state index contributed by atoms with van der Waals surface area (Å²) in [4.78, 5) is 22.2. The molecule has 0 unspecified atom stereocenters. The minimum absolute atomic E-state index is 0.180. The molecule has 168 valence electrons. The Morgan fingerprint density at radius 2 is 2.00 bits per heavy atom. The molecule has 1 amide bonds. The third-order valence-electron chi connectivity index (χ3n) is 4.61. The first-order valence-electron chi connectivity index (χ1n) is 9.94. The van der Waals surface area contributed by atoms with E-state index in [1.54, 1.807) is 56.1 Å². The number of hydrogen-bond acceptors (Lipinski definition) is 9. The summed E-state index contributed by atoms with van der Waals surface area (Å²) in [7, 11) is 3.12. The predicted molar refractivity (Wildman–Crippen MR) is 130 cm³/mol. The number of carbonyl (C=O) groups excluding carboxylic acids is 1. The average molecular weight is 480 g/mol. The van der Waals surface area contributed by atoms with Gasteiger partial charge in [-0.25, -0.2) is 4.98 Å². The van der Waals surface area contributed by atoms with Crippen LogP contribution in [0.25, 0.3) is 21.1 Å². The number of nitrogens with zero attached hydrogens (tertiary/aromatic N) is 4. The van der Waals surface area contributed by atoms with Crippen LogP contribution in [0.3, 0.4) is 0 Å². The van der Waals surface area contributed by atoms with Crippen LogP contribution in [0.4, 0.5) is 5.69 Å². The first-order valence-corrected chi connectivity index (χ1v) is 11.7. The van der Waals surface area contributed by atoms with Crippen molar-refractivity contribution in [1.29, 1.82) is 0 Å². The number of benzene rings is 1. The molecule has 0 saturated carbocycles. The first-order chi connectivity index (χ1) is 16.1. The van der Waals surface area contributed by atoms with E-state index in [1.807, 2.05) is 31.2 Å². The second kappa shape index (κ2) is 10.4. The van der Waals surface area contributed by atoms with Crippen molar-refractivity contribution < 1.29 is 14.3 Å². The van der Waals surface area contributed by atoms with Crippen LogP contribution in [-0.4, -0.2) is 46.0 Å². The lowest BCUT2D eigenvalue weighted by Gasteiger charge is -2.11. The van der Waals surface area contributed by atoms with Gasteiger partial charge in [-0.1, -0.05) is 11.8 Å². The zero-order chi connectivity index (χ0) is 23.2. The van der Waals surface area contributed by atoms with Crippen LogP contribution >= 0.6 is 23.1 Å². The molecule has 3 aromatic heterocycles. The Morgan fingerprint density at radius 3 is 2.70 bits per heavy atom. The molecule has 3 heterocycles. The molecule has 4 rings (SSSR count). The number of ether oxygens (including phenoxy) is 2. The van der Waals surface area contributed by atoms with Crippen molar-refractivity contribution in [2.45, 2.75) is 11.9 Å². The maximum atomic E-state index is 12.4. The molecule has 0 saturated heterocycles. The van der Waals surface area contributed by atoms with Gasteiger partial charge in [-0.3, -0.25) is 9.78 Å². The molecule has 0 bridgehead atoms. The maximum Gasteiger partial charge on any atom is 0.234 e. The second-order valence-electron chi connectivity index (χ2n) is 6.84. The highest BCUT2D eigenvalue weighted by Crippen LogP contribution is 2.34. The molecular weight excluding hydrogens is 458 g/mol. The molecule has 8 nitrogen and oxygen atoms in total. The van der Waals surface area contributed by atoms with Gasteiger partial charge in [-0.2, -0.15) is 0 Å². The summed E-state index contributed by atoms with van der Waals surface area (Å²) in [6.07, 6.45) is 3.53. The molecule has 0 aliphatic heterocycles. The molecule has 1 aromatic carbocycles. The highest BCUT2D eigenvalue weighted by atomic mass is 32.2. The van der Waals surface area contributed by atoms with E-state index in [9.17, 15) is 4.79 Å². The lowest BCUT2D eigenvalue weighted by atomic mass is 10.2. The Labute approximate surface area is 199 Å². The number of thioether (sulfide) groups is 1. The number of rotatable bonds is 8. The molecule has 4 aromatic rings. The molecular formula is C23H21N5O3S2. The quantitative estimate of drug-likeness (QED) is 0.363. The number of aromatic nitrogens is 4. The fourth-order valence-corrected chi connectivity index (χ4v) is 4.64. The molecule has 33 heavy (non-hydrogen) atoms. The van der Waals surface area contributed by atoms with E-state index in [4.69, 9.17) is 9.47 Å². The summed E-state index contributed by atoms with van der Waals surface area (Å²) in [5.41, 5.74) is 3.15. The Kier molecular flexibility index (Phi) is 7.16. The number of hydrogen-bond donors (Lipinski definition) is 1. The number of thiazole rings is 1.